The van der Waals surface area contributed by atoms with Gasteiger partial charge in [0, 0.05) is 32.6 Å². The van der Waals surface area contributed by atoms with Crippen LogP contribution in [0.3, 0.4) is 0 Å². The molecule has 0 bridgehead atoms. The van der Waals surface area contributed by atoms with E-state index in [9.17, 15) is 9.59 Å². The van der Waals surface area contributed by atoms with Gasteiger partial charge in [-0.25, -0.2) is 4.79 Å². The van der Waals surface area contributed by atoms with E-state index in [1.165, 1.54) is 0 Å². The van der Waals surface area contributed by atoms with E-state index in [-0.39, 0.29) is 12.5 Å². The number of benzene rings is 2. The number of carbonyl (C=O) groups excluding carboxylic acids is 2. The lowest BCUT2D eigenvalue weighted by Crippen LogP contribution is -2.54. The Hall–Kier alpha value is -2.86. The molecule has 1 aliphatic rings. The number of amides is 2. The molecule has 0 unspecified atom stereocenters. The predicted molar refractivity (Wildman–Crippen MR) is 103 cm³/mol. The van der Waals surface area contributed by atoms with Gasteiger partial charge in [-0.1, -0.05) is 60.7 Å². The van der Waals surface area contributed by atoms with Gasteiger partial charge in [0.2, 0.25) is 5.91 Å². The predicted octanol–water partition coefficient (Wildman–Crippen LogP) is 1.96. The molecule has 0 saturated carbocycles. The molecule has 2 N–H and O–H groups in total. The summed E-state index contributed by atoms with van der Waals surface area (Å²) in [7, 11) is 0. The first kappa shape index (κ1) is 18.9. The summed E-state index contributed by atoms with van der Waals surface area (Å²) in [6.07, 6.45) is -0.146. The van der Waals surface area contributed by atoms with Crippen LogP contribution in [0.5, 0.6) is 0 Å². The number of nitrogens with one attached hydrogen (secondary N) is 2. The molecule has 3 rings (SSSR count). The van der Waals surface area contributed by atoms with Gasteiger partial charge in [0.1, 0.15) is 12.6 Å². The van der Waals surface area contributed by atoms with Gasteiger partial charge in [-0.2, -0.15) is 0 Å². The van der Waals surface area contributed by atoms with Crippen LogP contribution in [0.2, 0.25) is 0 Å². The lowest BCUT2D eigenvalue weighted by atomic mass is 10.0. The smallest absolute Gasteiger partial charge is 0.408 e. The van der Waals surface area contributed by atoms with Gasteiger partial charge in [0.25, 0.3) is 0 Å². The number of alkyl carbamates (subject to hydrolysis) is 1. The molecule has 142 valence electrons. The molecule has 1 aliphatic heterocycles. The number of rotatable bonds is 6. The zero-order chi connectivity index (χ0) is 18.9. The molecule has 0 spiro atoms. The maximum absolute atomic E-state index is 12.9. The third kappa shape index (κ3) is 5.82. The highest BCUT2D eigenvalue weighted by atomic mass is 16.5. The highest BCUT2D eigenvalue weighted by Crippen LogP contribution is 2.08. The van der Waals surface area contributed by atoms with Crippen molar-refractivity contribution >= 4 is 12.0 Å². The van der Waals surface area contributed by atoms with E-state index in [2.05, 4.69) is 10.6 Å². The van der Waals surface area contributed by atoms with E-state index >= 15 is 0 Å². The fraction of sp³-hybridized carbons (Fsp3) is 0.333. The number of ether oxygens (including phenoxy) is 1. The maximum Gasteiger partial charge on any atom is 0.408 e. The molecule has 1 saturated heterocycles. The molecule has 0 aliphatic carbocycles. The minimum atomic E-state index is -0.645. The summed E-state index contributed by atoms with van der Waals surface area (Å²) in [6.45, 7) is 2.99. The largest absolute Gasteiger partial charge is 0.445 e. The molecule has 2 aromatic rings. The lowest BCUT2D eigenvalue weighted by Gasteiger charge is -2.31. The van der Waals surface area contributed by atoms with E-state index in [0.717, 1.165) is 24.2 Å². The topological polar surface area (TPSA) is 70.7 Å². The van der Waals surface area contributed by atoms with Crippen molar-refractivity contribution in [3.8, 4) is 0 Å². The molecular formula is C21H25N3O3. The van der Waals surface area contributed by atoms with Gasteiger partial charge in [-0.05, 0) is 11.1 Å². The quantitative estimate of drug-likeness (QED) is 0.819. The Morgan fingerprint density at radius 2 is 1.56 bits per heavy atom. The molecule has 2 aromatic carbocycles. The summed E-state index contributed by atoms with van der Waals surface area (Å²) < 4.78 is 5.30. The molecule has 27 heavy (non-hydrogen) atoms. The number of piperazine rings is 1. The van der Waals surface area contributed by atoms with Crippen molar-refractivity contribution in [1.29, 1.82) is 0 Å². The van der Waals surface area contributed by atoms with Crippen molar-refractivity contribution < 1.29 is 14.3 Å². The Balaban J connectivity index is 1.63. The third-order valence-electron chi connectivity index (χ3n) is 4.51. The van der Waals surface area contributed by atoms with Gasteiger partial charge < -0.3 is 20.3 Å². The summed E-state index contributed by atoms with van der Waals surface area (Å²) in [5.41, 5.74) is 1.90. The van der Waals surface area contributed by atoms with Gasteiger partial charge in [0.15, 0.2) is 0 Å². The molecule has 2 amide bonds. The van der Waals surface area contributed by atoms with E-state index in [1.807, 2.05) is 60.7 Å². The third-order valence-corrected chi connectivity index (χ3v) is 4.51. The SMILES string of the molecule is O=C(N[C@@H](Cc1ccccc1)C(=O)N1CCNCC1)OCc1ccccc1. The van der Waals surface area contributed by atoms with Crippen LogP contribution in [0.25, 0.3) is 0 Å². The van der Waals surface area contributed by atoms with Crippen molar-refractivity contribution in [2.45, 2.75) is 19.1 Å². The molecule has 0 radical (unpaired) electrons. The van der Waals surface area contributed by atoms with E-state index in [1.54, 1.807) is 4.90 Å². The van der Waals surface area contributed by atoms with Crippen molar-refractivity contribution in [3.05, 3.63) is 71.8 Å². The minimum Gasteiger partial charge on any atom is -0.445 e. The normalized spacial score (nSPS) is 15.0. The summed E-state index contributed by atoms with van der Waals surface area (Å²) >= 11 is 0. The van der Waals surface area contributed by atoms with E-state index in [4.69, 9.17) is 4.74 Å². The molecule has 0 aromatic heterocycles. The van der Waals surface area contributed by atoms with Crippen LogP contribution in [-0.4, -0.2) is 49.1 Å². The Bertz CT molecular complexity index is 731. The first-order valence-electron chi connectivity index (χ1n) is 9.23. The second-order valence-electron chi connectivity index (χ2n) is 6.52. The molecule has 1 heterocycles. The van der Waals surface area contributed by atoms with Gasteiger partial charge >= 0.3 is 6.09 Å². The van der Waals surface area contributed by atoms with Crippen molar-refractivity contribution in [3.63, 3.8) is 0 Å². The highest BCUT2D eigenvalue weighted by Gasteiger charge is 2.27. The second-order valence-corrected chi connectivity index (χ2v) is 6.52. The Morgan fingerprint density at radius 1 is 0.963 bits per heavy atom. The number of hydrogen-bond donors (Lipinski definition) is 2. The molecule has 6 heteroatoms. The Morgan fingerprint density at radius 3 is 2.19 bits per heavy atom. The zero-order valence-electron chi connectivity index (χ0n) is 15.3. The zero-order valence-corrected chi connectivity index (χ0v) is 15.3. The fourth-order valence-corrected chi connectivity index (χ4v) is 3.06. The lowest BCUT2D eigenvalue weighted by molar-refractivity contribution is -0.133. The van der Waals surface area contributed by atoms with Crippen LogP contribution in [0.1, 0.15) is 11.1 Å². The maximum atomic E-state index is 12.9. The molecule has 1 atom stereocenters. The van der Waals surface area contributed by atoms with Crippen LogP contribution in [-0.2, 0) is 22.6 Å². The Labute approximate surface area is 159 Å². The number of carbonyl (C=O) groups is 2. The summed E-state index contributed by atoms with van der Waals surface area (Å²) in [4.78, 5) is 27.0. The summed E-state index contributed by atoms with van der Waals surface area (Å²) in [5, 5.41) is 5.99. The first-order valence-corrected chi connectivity index (χ1v) is 9.23. The van der Waals surface area contributed by atoms with Crippen LogP contribution < -0.4 is 10.6 Å². The summed E-state index contributed by atoms with van der Waals surface area (Å²) in [6, 6.07) is 18.5. The van der Waals surface area contributed by atoms with Crippen LogP contribution in [0, 0.1) is 0 Å². The second kappa shape index (κ2) is 9.73. The molecular weight excluding hydrogens is 342 g/mol. The highest BCUT2D eigenvalue weighted by molar-refractivity contribution is 5.86. The van der Waals surface area contributed by atoms with Crippen molar-refractivity contribution in [1.82, 2.24) is 15.5 Å². The fourth-order valence-electron chi connectivity index (χ4n) is 3.06. The van der Waals surface area contributed by atoms with Crippen LogP contribution >= 0.6 is 0 Å². The molecule has 1 fully saturated rings. The number of hydrogen-bond acceptors (Lipinski definition) is 4. The van der Waals surface area contributed by atoms with Crippen molar-refractivity contribution in [2.75, 3.05) is 26.2 Å². The minimum absolute atomic E-state index is 0.0722. The van der Waals surface area contributed by atoms with E-state index in [0.29, 0.717) is 19.5 Å². The molecule has 6 nitrogen and oxygen atoms in total. The van der Waals surface area contributed by atoms with Crippen molar-refractivity contribution in [2.24, 2.45) is 0 Å². The average molecular weight is 367 g/mol. The summed E-state index contributed by atoms with van der Waals surface area (Å²) in [5.74, 6) is -0.0722. The van der Waals surface area contributed by atoms with Crippen LogP contribution in [0.4, 0.5) is 4.79 Å². The van der Waals surface area contributed by atoms with Gasteiger partial charge in [0.05, 0.1) is 0 Å². The van der Waals surface area contributed by atoms with Crippen LogP contribution in [0.15, 0.2) is 60.7 Å². The van der Waals surface area contributed by atoms with E-state index < -0.39 is 12.1 Å². The average Bonchev–Trinajstić information content (AvgIpc) is 2.73. The monoisotopic (exact) mass is 367 g/mol. The first-order chi connectivity index (χ1) is 13.2. The van der Waals surface area contributed by atoms with Gasteiger partial charge in [-0.3, -0.25) is 4.79 Å². The van der Waals surface area contributed by atoms with Gasteiger partial charge in [-0.15, -0.1) is 0 Å². The standard InChI is InChI=1S/C21H25N3O3/c25-20(24-13-11-22-12-14-24)19(15-17-7-3-1-4-8-17)23-21(26)27-16-18-9-5-2-6-10-18/h1-10,19,22H,11-16H2,(H,23,26)/t19-/m0/s1. The number of nitrogens with zero attached hydrogens (tertiary/aromatic N) is 1. The Kier molecular flexibility index (Phi) is 6.82.